The van der Waals surface area contributed by atoms with E-state index in [4.69, 9.17) is 10.8 Å². The fourth-order valence-corrected chi connectivity index (χ4v) is 0.998. The lowest BCUT2D eigenvalue weighted by Gasteiger charge is -1.96. The topological polar surface area (TPSA) is 74.9 Å². The van der Waals surface area contributed by atoms with Crippen LogP contribution in [0, 0.1) is 0 Å². The fraction of sp³-hybridized carbons (Fsp3) is 0. The zero-order valence-electron chi connectivity index (χ0n) is 5.70. The van der Waals surface area contributed by atoms with E-state index in [1.165, 1.54) is 0 Å². The molecule has 11 heavy (non-hydrogen) atoms. The Morgan fingerprint density at radius 2 is 2.27 bits per heavy atom. The van der Waals surface area contributed by atoms with Crippen molar-refractivity contribution >= 4 is 16.6 Å². The standard InChI is InChI=1S/C7H7N3O/c8-5-1-4-3-9-10-6(4)2-7(5)11/h1-3,11H,8H2,(H,9,10). The van der Waals surface area contributed by atoms with Crippen molar-refractivity contribution in [3.05, 3.63) is 18.3 Å². The summed E-state index contributed by atoms with van der Waals surface area (Å²) in [6.07, 6.45) is 1.66. The van der Waals surface area contributed by atoms with Crippen LogP contribution in [0.3, 0.4) is 0 Å². The van der Waals surface area contributed by atoms with Crippen LogP contribution in [0.4, 0.5) is 5.69 Å². The van der Waals surface area contributed by atoms with E-state index in [0.29, 0.717) is 5.69 Å². The number of anilines is 1. The molecule has 0 aliphatic heterocycles. The van der Waals surface area contributed by atoms with Gasteiger partial charge in [-0.25, -0.2) is 0 Å². The molecule has 1 aromatic heterocycles. The zero-order valence-corrected chi connectivity index (χ0v) is 5.70. The minimum atomic E-state index is 0.0850. The van der Waals surface area contributed by atoms with Gasteiger partial charge in [-0.15, -0.1) is 0 Å². The molecule has 0 unspecified atom stereocenters. The van der Waals surface area contributed by atoms with Crippen molar-refractivity contribution in [2.45, 2.75) is 0 Å². The van der Waals surface area contributed by atoms with Crippen LogP contribution in [-0.2, 0) is 0 Å². The third-order valence-electron chi connectivity index (χ3n) is 1.59. The number of hydrogen-bond donors (Lipinski definition) is 3. The average Bonchev–Trinajstić information content (AvgIpc) is 2.36. The summed E-state index contributed by atoms with van der Waals surface area (Å²) in [6, 6.07) is 3.23. The van der Waals surface area contributed by atoms with E-state index in [0.717, 1.165) is 10.9 Å². The number of hydrogen-bond acceptors (Lipinski definition) is 3. The number of nitrogens with two attached hydrogens (primary N) is 1. The van der Waals surface area contributed by atoms with E-state index >= 15 is 0 Å². The van der Waals surface area contributed by atoms with Crippen LogP contribution in [-0.4, -0.2) is 15.3 Å². The van der Waals surface area contributed by atoms with Gasteiger partial charge in [0.05, 0.1) is 17.4 Å². The fourth-order valence-electron chi connectivity index (χ4n) is 0.998. The predicted molar refractivity (Wildman–Crippen MR) is 42.2 cm³/mol. The molecule has 0 fully saturated rings. The summed E-state index contributed by atoms with van der Waals surface area (Å²) < 4.78 is 0. The van der Waals surface area contributed by atoms with Gasteiger partial charge in [0.1, 0.15) is 5.75 Å². The molecular formula is C7H7N3O. The normalized spacial score (nSPS) is 10.5. The third-order valence-corrected chi connectivity index (χ3v) is 1.59. The minimum absolute atomic E-state index is 0.0850. The molecule has 56 valence electrons. The number of benzene rings is 1. The Bertz CT molecular complexity index is 357. The highest BCUT2D eigenvalue weighted by atomic mass is 16.3. The number of phenols is 1. The van der Waals surface area contributed by atoms with E-state index < -0.39 is 0 Å². The van der Waals surface area contributed by atoms with Gasteiger partial charge in [-0.3, -0.25) is 5.10 Å². The number of aromatic amines is 1. The van der Waals surface area contributed by atoms with E-state index in [9.17, 15) is 0 Å². The molecule has 0 aliphatic rings. The molecule has 2 rings (SSSR count). The second-order valence-electron chi connectivity index (χ2n) is 2.37. The van der Waals surface area contributed by atoms with Crippen LogP contribution >= 0.6 is 0 Å². The Labute approximate surface area is 62.6 Å². The largest absolute Gasteiger partial charge is 0.506 e. The molecule has 1 heterocycles. The van der Waals surface area contributed by atoms with Gasteiger partial charge in [0.25, 0.3) is 0 Å². The summed E-state index contributed by atoms with van der Waals surface area (Å²) >= 11 is 0. The van der Waals surface area contributed by atoms with Crippen molar-refractivity contribution in [2.75, 3.05) is 5.73 Å². The Morgan fingerprint density at radius 1 is 1.45 bits per heavy atom. The van der Waals surface area contributed by atoms with Gasteiger partial charge in [0.2, 0.25) is 0 Å². The summed E-state index contributed by atoms with van der Waals surface area (Å²) in [4.78, 5) is 0. The summed E-state index contributed by atoms with van der Waals surface area (Å²) in [5.74, 6) is 0.0850. The number of nitrogens with zero attached hydrogens (tertiary/aromatic N) is 1. The first-order valence-electron chi connectivity index (χ1n) is 3.19. The van der Waals surface area contributed by atoms with Crippen molar-refractivity contribution in [1.29, 1.82) is 0 Å². The van der Waals surface area contributed by atoms with Gasteiger partial charge in [0, 0.05) is 11.5 Å². The lowest BCUT2D eigenvalue weighted by molar-refractivity contribution is 0.478. The van der Waals surface area contributed by atoms with Crippen molar-refractivity contribution in [2.24, 2.45) is 0 Å². The molecule has 0 bridgehead atoms. The number of H-pyrrole nitrogens is 1. The molecule has 0 atom stereocenters. The lowest BCUT2D eigenvalue weighted by atomic mass is 10.2. The van der Waals surface area contributed by atoms with Crippen LogP contribution in [0.2, 0.25) is 0 Å². The molecule has 4 nitrogen and oxygen atoms in total. The molecule has 1 aromatic carbocycles. The number of aromatic hydroxyl groups is 1. The molecule has 0 spiro atoms. The molecule has 0 aliphatic carbocycles. The second kappa shape index (κ2) is 1.88. The Kier molecular flexibility index (Phi) is 1.03. The van der Waals surface area contributed by atoms with Crippen LogP contribution in [0.15, 0.2) is 18.3 Å². The monoisotopic (exact) mass is 149 g/mol. The van der Waals surface area contributed by atoms with Gasteiger partial charge < -0.3 is 10.8 Å². The first-order valence-corrected chi connectivity index (χ1v) is 3.19. The summed E-state index contributed by atoms with van der Waals surface area (Å²) in [5, 5.41) is 16.6. The van der Waals surface area contributed by atoms with Crippen LogP contribution in [0.5, 0.6) is 5.75 Å². The number of aromatic nitrogens is 2. The zero-order chi connectivity index (χ0) is 7.84. The highest BCUT2D eigenvalue weighted by molar-refractivity contribution is 5.84. The maximum Gasteiger partial charge on any atom is 0.140 e. The highest BCUT2D eigenvalue weighted by Crippen LogP contribution is 2.24. The number of fused-ring (bicyclic) bond motifs is 1. The van der Waals surface area contributed by atoms with Gasteiger partial charge in [-0.1, -0.05) is 0 Å². The van der Waals surface area contributed by atoms with E-state index in [1.807, 2.05) is 0 Å². The predicted octanol–water partition coefficient (Wildman–Crippen LogP) is 0.851. The number of nitrogens with one attached hydrogen (secondary N) is 1. The number of phenolic OH excluding ortho intramolecular Hbond substituents is 1. The van der Waals surface area contributed by atoms with Crippen molar-refractivity contribution in [3.63, 3.8) is 0 Å². The second-order valence-corrected chi connectivity index (χ2v) is 2.37. The summed E-state index contributed by atoms with van der Waals surface area (Å²) in [7, 11) is 0. The van der Waals surface area contributed by atoms with Crippen molar-refractivity contribution in [1.82, 2.24) is 10.2 Å². The van der Waals surface area contributed by atoms with Crippen molar-refractivity contribution < 1.29 is 5.11 Å². The van der Waals surface area contributed by atoms with Gasteiger partial charge >= 0.3 is 0 Å². The molecule has 0 radical (unpaired) electrons. The van der Waals surface area contributed by atoms with E-state index in [1.54, 1.807) is 18.3 Å². The van der Waals surface area contributed by atoms with Gasteiger partial charge in [-0.05, 0) is 6.07 Å². The van der Waals surface area contributed by atoms with Crippen LogP contribution < -0.4 is 5.73 Å². The first-order chi connectivity index (χ1) is 5.27. The molecule has 4 N–H and O–H groups in total. The summed E-state index contributed by atoms with van der Waals surface area (Å²) in [5.41, 5.74) is 6.62. The Balaban J connectivity index is 2.86. The van der Waals surface area contributed by atoms with E-state index in [2.05, 4.69) is 10.2 Å². The Morgan fingerprint density at radius 3 is 3.09 bits per heavy atom. The molecule has 2 aromatic rings. The van der Waals surface area contributed by atoms with Crippen LogP contribution in [0.1, 0.15) is 0 Å². The average molecular weight is 149 g/mol. The smallest absolute Gasteiger partial charge is 0.140 e. The first kappa shape index (κ1) is 6.03. The highest BCUT2D eigenvalue weighted by Gasteiger charge is 2.00. The summed E-state index contributed by atoms with van der Waals surface area (Å²) in [6.45, 7) is 0. The lowest BCUT2D eigenvalue weighted by Crippen LogP contribution is -1.84. The SMILES string of the molecule is Nc1cc2cn[nH]c2cc1O. The van der Waals surface area contributed by atoms with E-state index in [-0.39, 0.29) is 5.75 Å². The number of rotatable bonds is 0. The molecule has 4 heteroatoms. The Hall–Kier alpha value is -1.71. The van der Waals surface area contributed by atoms with Crippen molar-refractivity contribution in [3.8, 4) is 5.75 Å². The van der Waals surface area contributed by atoms with Gasteiger partial charge in [0.15, 0.2) is 0 Å². The maximum absolute atomic E-state index is 9.16. The molecule has 0 saturated carbocycles. The number of nitrogen functional groups attached to an aromatic ring is 1. The minimum Gasteiger partial charge on any atom is -0.506 e. The molecule has 0 amide bonds. The third kappa shape index (κ3) is 0.797. The molecular weight excluding hydrogens is 142 g/mol. The maximum atomic E-state index is 9.16. The molecule has 0 saturated heterocycles. The quantitative estimate of drug-likeness (QED) is 0.384. The van der Waals surface area contributed by atoms with Gasteiger partial charge in [-0.2, -0.15) is 5.10 Å². The van der Waals surface area contributed by atoms with Crippen LogP contribution in [0.25, 0.3) is 10.9 Å².